The molecule has 0 saturated heterocycles. The molecule has 0 bridgehead atoms. The fourth-order valence-electron chi connectivity index (χ4n) is 3.41. The van der Waals surface area contributed by atoms with Crippen LogP contribution in [0.5, 0.6) is 5.75 Å². The molecule has 0 aliphatic rings. The molecule has 224 valence electrons. The van der Waals surface area contributed by atoms with E-state index < -0.39 is 33.3 Å². The number of nitrogens with one attached hydrogen (secondary N) is 3. The zero-order valence-electron chi connectivity index (χ0n) is 23.7. The van der Waals surface area contributed by atoms with E-state index in [0.29, 0.717) is 5.02 Å². The number of anilines is 2. The number of amides is 3. The number of sulfone groups is 1. The number of aromatic nitrogens is 2. The summed E-state index contributed by atoms with van der Waals surface area (Å²) < 4.78 is 35.5. The van der Waals surface area contributed by atoms with Gasteiger partial charge in [-0.25, -0.2) is 23.2 Å². The van der Waals surface area contributed by atoms with Crippen molar-refractivity contribution in [2.75, 3.05) is 30.0 Å². The third kappa shape index (κ3) is 9.70. The monoisotopic (exact) mass is 617 g/mol. The number of carbonyl (C=O) groups is 3. The molecule has 0 aliphatic heterocycles. The highest BCUT2D eigenvalue weighted by Crippen LogP contribution is 2.26. The van der Waals surface area contributed by atoms with E-state index in [9.17, 15) is 22.8 Å². The molecule has 14 heteroatoms. The Kier molecular flexibility index (Phi) is 10.5. The van der Waals surface area contributed by atoms with Gasteiger partial charge in [-0.2, -0.15) is 0 Å². The largest absolute Gasteiger partial charge is 0.492 e. The fraction of sp³-hybridized carbons (Fsp3) is 0.321. The molecular weight excluding hydrogens is 586 g/mol. The van der Waals surface area contributed by atoms with Crippen molar-refractivity contribution in [1.82, 2.24) is 15.3 Å². The number of halogens is 1. The fourth-order valence-corrected chi connectivity index (χ4v) is 4.15. The van der Waals surface area contributed by atoms with Crippen LogP contribution in [0.3, 0.4) is 0 Å². The number of hydrogen-bond acceptors (Lipinski definition) is 9. The topological polar surface area (TPSA) is 166 Å². The summed E-state index contributed by atoms with van der Waals surface area (Å²) in [5.41, 5.74) is -0.620. The third-order valence-electron chi connectivity index (χ3n) is 5.38. The molecule has 42 heavy (non-hydrogen) atoms. The number of ether oxygens (including phenoxy) is 2. The molecule has 1 atom stereocenters. The number of alkyl carbamates (subject to hydrolysis) is 1. The van der Waals surface area contributed by atoms with Gasteiger partial charge in [-0.05, 0) is 63.2 Å². The van der Waals surface area contributed by atoms with Gasteiger partial charge in [0.05, 0.1) is 27.8 Å². The first-order valence-electron chi connectivity index (χ1n) is 12.8. The van der Waals surface area contributed by atoms with E-state index in [-0.39, 0.29) is 52.5 Å². The SMILES string of the molecule is C[C@@H](CNC(=O)OC(C)(C)C)COc1cc(S(C)(=O)=O)ccc1C(=O)Nc1cccnc1C(=O)Nc1ccc(Cl)cn1. The zero-order valence-corrected chi connectivity index (χ0v) is 25.3. The van der Waals surface area contributed by atoms with Crippen LogP contribution >= 0.6 is 11.6 Å². The molecule has 0 unspecified atom stereocenters. The number of benzene rings is 1. The minimum absolute atomic E-state index is 0.000186. The highest BCUT2D eigenvalue weighted by Gasteiger charge is 2.22. The van der Waals surface area contributed by atoms with Crippen molar-refractivity contribution in [2.24, 2.45) is 5.92 Å². The lowest BCUT2D eigenvalue weighted by molar-refractivity contribution is 0.0516. The second-order valence-electron chi connectivity index (χ2n) is 10.4. The van der Waals surface area contributed by atoms with E-state index in [1.165, 1.54) is 48.8 Å². The summed E-state index contributed by atoms with van der Waals surface area (Å²) in [6.07, 6.45) is 3.21. The standard InChI is InChI=1S/C28H32ClN5O7S/c1-17(14-32-27(37)41-28(2,3)4)16-40-22-13-19(42(5,38)39)9-10-20(22)25(35)33-21-7-6-12-30-24(21)26(36)34-23-11-8-18(29)15-31-23/h6-13,15,17H,14,16H2,1-5H3,(H,32,37)(H,33,35)(H,31,34,36)/t17-/m0/s1. The Morgan fingerprint density at radius 1 is 1.02 bits per heavy atom. The predicted molar refractivity (Wildman–Crippen MR) is 158 cm³/mol. The summed E-state index contributed by atoms with van der Waals surface area (Å²) >= 11 is 5.84. The van der Waals surface area contributed by atoms with E-state index >= 15 is 0 Å². The molecule has 1 aromatic carbocycles. The van der Waals surface area contributed by atoms with Crippen LogP contribution in [0.4, 0.5) is 16.3 Å². The minimum Gasteiger partial charge on any atom is -0.492 e. The van der Waals surface area contributed by atoms with Crippen LogP contribution in [0.1, 0.15) is 48.5 Å². The third-order valence-corrected chi connectivity index (χ3v) is 6.72. The lowest BCUT2D eigenvalue weighted by Gasteiger charge is -2.21. The summed E-state index contributed by atoms with van der Waals surface area (Å²) in [5.74, 6) is -1.30. The number of hydrogen-bond donors (Lipinski definition) is 3. The summed E-state index contributed by atoms with van der Waals surface area (Å²) in [5, 5.41) is 8.27. The Balaban J connectivity index is 1.78. The highest BCUT2D eigenvalue weighted by atomic mass is 35.5. The van der Waals surface area contributed by atoms with Gasteiger partial charge in [-0.1, -0.05) is 18.5 Å². The van der Waals surface area contributed by atoms with Crippen molar-refractivity contribution in [3.8, 4) is 5.75 Å². The van der Waals surface area contributed by atoms with Gasteiger partial charge in [-0.15, -0.1) is 0 Å². The number of rotatable bonds is 10. The molecule has 3 amide bonds. The van der Waals surface area contributed by atoms with E-state index in [1.54, 1.807) is 33.8 Å². The lowest BCUT2D eigenvalue weighted by Crippen LogP contribution is -2.35. The van der Waals surface area contributed by atoms with Gasteiger partial charge in [0, 0.05) is 31.1 Å². The zero-order chi connectivity index (χ0) is 31.1. The quantitative estimate of drug-likeness (QED) is 0.295. The number of pyridine rings is 2. The maximum atomic E-state index is 13.4. The molecule has 2 heterocycles. The van der Waals surface area contributed by atoms with Gasteiger partial charge in [0.25, 0.3) is 11.8 Å². The van der Waals surface area contributed by atoms with Crippen molar-refractivity contribution < 1.29 is 32.3 Å². The molecule has 3 rings (SSSR count). The highest BCUT2D eigenvalue weighted by molar-refractivity contribution is 7.90. The summed E-state index contributed by atoms with van der Waals surface area (Å²) in [6, 6.07) is 9.95. The molecule has 0 saturated carbocycles. The van der Waals surface area contributed by atoms with E-state index in [2.05, 4.69) is 25.9 Å². The average Bonchev–Trinajstić information content (AvgIpc) is 2.90. The van der Waals surface area contributed by atoms with Crippen LogP contribution in [0.25, 0.3) is 0 Å². The van der Waals surface area contributed by atoms with Crippen LogP contribution in [0.2, 0.25) is 5.02 Å². The van der Waals surface area contributed by atoms with Crippen molar-refractivity contribution >= 4 is 50.9 Å². The molecule has 0 radical (unpaired) electrons. The normalized spacial score (nSPS) is 12.1. The Morgan fingerprint density at radius 3 is 2.40 bits per heavy atom. The van der Waals surface area contributed by atoms with Crippen molar-refractivity contribution in [3.05, 3.63) is 71.1 Å². The first-order valence-corrected chi connectivity index (χ1v) is 15.0. The molecule has 12 nitrogen and oxygen atoms in total. The molecule has 3 aromatic rings. The lowest BCUT2D eigenvalue weighted by atomic mass is 10.1. The Labute approximate surface area is 249 Å². The van der Waals surface area contributed by atoms with Gasteiger partial charge in [0.15, 0.2) is 15.5 Å². The smallest absolute Gasteiger partial charge is 0.407 e. The van der Waals surface area contributed by atoms with Gasteiger partial charge < -0.3 is 25.4 Å². The Morgan fingerprint density at radius 2 is 1.76 bits per heavy atom. The number of carbonyl (C=O) groups excluding carboxylic acids is 3. The van der Waals surface area contributed by atoms with E-state index in [0.717, 1.165) is 6.26 Å². The summed E-state index contributed by atoms with van der Waals surface area (Å²) in [7, 11) is -3.62. The predicted octanol–water partition coefficient (Wildman–Crippen LogP) is 4.58. The van der Waals surface area contributed by atoms with Gasteiger partial charge in [0.1, 0.15) is 17.2 Å². The summed E-state index contributed by atoms with van der Waals surface area (Å²) in [6.45, 7) is 7.29. The van der Waals surface area contributed by atoms with Gasteiger partial charge in [0.2, 0.25) is 0 Å². The molecule has 3 N–H and O–H groups in total. The minimum atomic E-state index is -3.62. The molecule has 2 aromatic heterocycles. The molecular formula is C28H32ClN5O7S. The van der Waals surface area contributed by atoms with Crippen LogP contribution < -0.4 is 20.7 Å². The average molecular weight is 618 g/mol. The van der Waals surface area contributed by atoms with Crippen LogP contribution in [0.15, 0.2) is 59.8 Å². The first-order chi connectivity index (χ1) is 19.6. The van der Waals surface area contributed by atoms with E-state index in [1.807, 2.05) is 0 Å². The van der Waals surface area contributed by atoms with Gasteiger partial charge in [-0.3, -0.25) is 9.59 Å². The first kappa shape index (κ1) is 32.3. The molecule has 0 fully saturated rings. The Hall–Kier alpha value is -4.23. The Bertz CT molecular complexity index is 1560. The second kappa shape index (κ2) is 13.6. The van der Waals surface area contributed by atoms with Crippen molar-refractivity contribution in [3.63, 3.8) is 0 Å². The van der Waals surface area contributed by atoms with E-state index in [4.69, 9.17) is 21.1 Å². The summed E-state index contributed by atoms with van der Waals surface area (Å²) in [4.78, 5) is 46.3. The molecule has 0 aliphatic carbocycles. The maximum absolute atomic E-state index is 13.4. The van der Waals surface area contributed by atoms with Crippen molar-refractivity contribution in [1.29, 1.82) is 0 Å². The van der Waals surface area contributed by atoms with Crippen LogP contribution in [-0.4, -0.2) is 61.3 Å². The number of nitrogens with zero attached hydrogens (tertiary/aromatic N) is 2. The molecule has 0 spiro atoms. The van der Waals surface area contributed by atoms with Crippen molar-refractivity contribution in [2.45, 2.75) is 38.2 Å². The van der Waals surface area contributed by atoms with Gasteiger partial charge >= 0.3 is 6.09 Å². The maximum Gasteiger partial charge on any atom is 0.407 e. The van der Waals surface area contributed by atoms with Crippen LogP contribution in [0, 0.1) is 5.92 Å². The second-order valence-corrected chi connectivity index (χ2v) is 12.9. The van der Waals surface area contributed by atoms with Crippen LogP contribution in [-0.2, 0) is 14.6 Å².